The smallest absolute Gasteiger partial charge is 0.190 e. The van der Waals surface area contributed by atoms with Crippen LogP contribution in [0.3, 0.4) is 0 Å². The van der Waals surface area contributed by atoms with Crippen molar-refractivity contribution in [2.24, 2.45) is 7.05 Å². The molecule has 1 unspecified atom stereocenters. The Kier molecular flexibility index (Phi) is 4.06. The van der Waals surface area contributed by atoms with E-state index in [1.165, 1.54) is 12.8 Å². The number of aliphatic hydroxyl groups excluding tert-OH is 1. The average Bonchev–Trinajstić information content (AvgIpc) is 3.02. The van der Waals surface area contributed by atoms with Gasteiger partial charge in [0.1, 0.15) is 6.33 Å². The van der Waals surface area contributed by atoms with Crippen molar-refractivity contribution in [1.29, 1.82) is 0 Å². The van der Waals surface area contributed by atoms with Gasteiger partial charge in [-0.25, -0.2) is 0 Å². The van der Waals surface area contributed by atoms with Crippen LogP contribution in [0.2, 0.25) is 0 Å². The molecule has 0 bridgehead atoms. The number of hydrogen-bond donors (Lipinski definition) is 2. The molecule has 0 radical (unpaired) electrons. The minimum Gasteiger partial charge on any atom is -0.394 e. The lowest BCUT2D eigenvalue weighted by Gasteiger charge is -2.28. The molecule has 2 rings (SSSR count). The fourth-order valence-corrected chi connectivity index (χ4v) is 2.78. The van der Waals surface area contributed by atoms with Crippen LogP contribution in [0, 0.1) is 0 Å². The Morgan fingerprint density at radius 3 is 2.94 bits per heavy atom. The minimum absolute atomic E-state index is 0.160. The molecule has 1 atom stereocenters. The van der Waals surface area contributed by atoms with Crippen LogP contribution in [0.4, 0.5) is 0 Å². The Morgan fingerprint density at radius 1 is 1.65 bits per heavy atom. The summed E-state index contributed by atoms with van der Waals surface area (Å²) in [4.78, 5) is 0. The second-order valence-corrected chi connectivity index (χ2v) is 6.02. The van der Waals surface area contributed by atoms with Gasteiger partial charge in [0.25, 0.3) is 0 Å². The Hall–Kier alpha value is -0.590. The molecule has 0 amide bonds. The maximum atomic E-state index is 9.47. The van der Waals surface area contributed by atoms with Crippen LogP contribution in [0.15, 0.2) is 11.5 Å². The molecule has 5 nitrogen and oxygen atoms in total. The van der Waals surface area contributed by atoms with E-state index in [9.17, 15) is 5.11 Å². The normalized spacial score (nSPS) is 19.2. The van der Waals surface area contributed by atoms with Gasteiger partial charge in [0.05, 0.1) is 6.61 Å². The summed E-state index contributed by atoms with van der Waals surface area (Å²) >= 11 is 1.68. The van der Waals surface area contributed by atoms with Gasteiger partial charge < -0.3 is 15.0 Å². The minimum atomic E-state index is -0.160. The monoisotopic (exact) mass is 256 g/mol. The molecular weight excluding hydrogens is 236 g/mol. The zero-order chi connectivity index (χ0) is 12.3. The van der Waals surface area contributed by atoms with E-state index in [4.69, 9.17) is 0 Å². The molecule has 1 heterocycles. The van der Waals surface area contributed by atoms with E-state index in [-0.39, 0.29) is 12.1 Å². The second-order valence-electron chi connectivity index (χ2n) is 4.96. The lowest BCUT2D eigenvalue weighted by atomic mass is 10.0. The Bertz CT molecular complexity index is 366. The summed E-state index contributed by atoms with van der Waals surface area (Å²) < 4.78 is 1.91. The average molecular weight is 256 g/mol. The molecule has 1 aliphatic carbocycles. The van der Waals surface area contributed by atoms with Crippen LogP contribution in [0.5, 0.6) is 0 Å². The third-order valence-corrected chi connectivity index (χ3v) is 4.07. The fourth-order valence-electron chi connectivity index (χ4n) is 1.69. The van der Waals surface area contributed by atoms with E-state index in [1.54, 1.807) is 18.1 Å². The molecule has 0 spiro atoms. The van der Waals surface area contributed by atoms with Gasteiger partial charge in [-0.15, -0.1) is 10.2 Å². The maximum absolute atomic E-state index is 9.47. The first-order chi connectivity index (χ1) is 8.13. The lowest BCUT2D eigenvalue weighted by molar-refractivity contribution is 0.169. The molecule has 6 heteroatoms. The van der Waals surface area contributed by atoms with Crippen molar-refractivity contribution in [3.63, 3.8) is 0 Å². The van der Waals surface area contributed by atoms with Gasteiger partial charge in [-0.1, -0.05) is 11.8 Å². The highest BCUT2D eigenvalue weighted by molar-refractivity contribution is 7.99. The number of nitrogens with one attached hydrogen (secondary N) is 1. The van der Waals surface area contributed by atoms with Crippen LogP contribution >= 0.6 is 11.8 Å². The SMILES string of the molecule is Cn1cnnc1SCCC(C)(CO)NC1CC1. The maximum Gasteiger partial charge on any atom is 0.190 e. The van der Waals surface area contributed by atoms with Crippen LogP contribution in [0.25, 0.3) is 0 Å². The van der Waals surface area contributed by atoms with E-state index in [0.29, 0.717) is 6.04 Å². The first kappa shape index (κ1) is 12.9. The molecule has 0 aliphatic heterocycles. The number of rotatable bonds is 7. The van der Waals surface area contributed by atoms with Gasteiger partial charge in [0.2, 0.25) is 0 Å². The Labute approximate surface area is 106 Å². The molecule has 1 aliphatic rings. The predicted molar refractivity (Wildman–Crippen MR) is 68.0 cm³/mol. The van der Waals surface area contributed by atoms with E-state index in [1.807, 2.05) is 11.6 Å². The number of aliphatic hydroxyl groups is 1. The summed E-state index contributed by atoms with van der Waals surface area (Å²) in [5.74, 6) is 0.934. The number of aryl methyl sites for hydroxylation is 1. The Morgan fingerprint density at radius 2 is 2.41 bits per heavy atom. The van der Waals surface area contributed by atoms with Crippen molar-refractivity contribution < 1.29 is 5.11 Å². The van der Waals surface area contributed by atoms with Gasteiger partial charge in [-0.05, 0) is 26.2 Å². The van der Waals surface area contributed by atoms with Crippen LogP contribution in [-0.4, -0.2) is 43.8 Å². The summed E-state index contributed by atoms with van der Waals surface area (Å²) in [7, 11) is 1.94. The number of thioether (sulfide) groups is 1. The first-order valence-corrected chi connectivity index (χ1v) is 6.97. The van der Waals surface area contributed by atoms with Gasteiger partial charge in [-0.3, -0.25) is 0 Å². The van der Waals surface area contributed by atoms with Crippen molar-refractivity contribution in [3.05, 3.63) is 6.33 Å². The molecular formula is C11H20N4OS. The van der Waals surface area contributed by atoms with Crippen LogP contribution < -0.4 is 5.32 Å². The van der Waals surface area contributed by atoms with Gasteiger partial charge >= 0.3 is 0 Å². The standard InChI is InChI=1S/C11H20N4OS/c1-11(7-16,13-9-3-4-9)5-6-17-10-14-12-8-15(10)2/h8-9,13,16H,3-7H2,1-2H3. The number of aromatic nitrogens is 3. The second kappa shape index (κ2) is 5.37. The summed E-state index contributed by atoms with van der Waals surface area (Å²) in [5, 5.41) is 21.8. The summed E-state index contributed by atoms with van der Waals surface area (Å²) in [6.45, 7) is 2.27. The molecule has 0 saturated heterocycles. The fraction of sp³-hybridized carbons (Fsp3) is 0.818. The number of hydrogen-bond acceptors (Lipinski definition) is 5. The highest BCUT2D eigenvalue weighted by Gasteiger charge is 2.31. The van der Waals surface area contributed by atoms with Crippen LogP contribution in [-0.2, 0) is 7.05 Å². The molecule has 1 aromatic heterocycles. The highest BCUT2D eigenvalue weighted by Crippen LogP contribution is 2.25. The van der Waals surface area contributed by atoms with Crippen molar-refractivity contribution in [3.8, 4) is 0 Å². The predicted octanol–water partition coefficient (Wildman–Crippen LogP) is 0.800. The first-order valence-electron chi connectivity index (χ1n) is 5.98. The molecule has 1 fully saturated rings. The molecule has 96 valence electrons. The zero-order valence-corrected chi connectivity index (χ0v) is 11.2. The van der Waals surface area contributed by atoms with Gasteiger partial charge in [-0.2, -0.15) is 0 Å². The van der Waals surface area contributed by atoms with Crippen molar-refractivity contribution in [1.82, 2.24) is 20.1 Å². The molecule has 1 saturated carbocycles. The topological polar surface area (TPSA) is 63.0 Å². The largest absolute Gasteiger partial charge is 0.394 e. The molecule has 1 aromatic rings. The van der Waals surface area contributed by atoms with E-state index in [2.05, 4.69) is 22.4 Å². The van der Waals surface area contributed by atoms with E-state index in [0.717, 1.165) is 17.3 Å². The van der Waals surface area contributed by atoms with E-state index < -0.39 is 0 Å². The Balaban J connectivity index is 1.77. The van der Waals surface area contributed by atoms with Crippen molar-refractivity contribution in [2.45, 2.75) is 42.9 Å². The van der Waals surface area contributed by atoms with Crippen molar-refractivity contribution >= 4 is 11.8 Å². The molecule has 2 N–H and O–H groups in total. The molecule has 17 heavy (non-hydrogen) atoms. The highest BCUT2D eigenvalue weighted by atomic mass is 32.2. The van der Waals surface area contributed by atoms with Gasteiger partial charge in [0, 0.05) is 24.4 Å². The third-order valence-electron chi connectivity index (χ3n) is 3.03. The van der Waals surface area contributed by atoms with Crippen LogP contribution in [0.1, 0.15) is 26.2 Å². The summed E-state index contributed by atoms with van der Waals surface area (Å²) in [6.07, 6.45) is 5.12. The third kappa shape index (κ3) is 3.69. The quantitative estimate of drug-likeness (QED) is 0.707. The number of nitrogens with zero attached hydrogens (tertiary/aromatic N) is 3. The molecule has 0 aromatic carbocycles. The zero-order valence-electron chi connectivity index (χ0n) is 10.4. The van der Waals surface area contributed by atoms with Gasteiger partial charge in [0.15, 0.2) is 5.16 Å². The van der Waals surface area contributed by atoms with Crippen molar-refractivity contribution in [2.75, 3.05) is 12.4 Å². The summed E-state index contributed by atoms with van der Waals surface area (Å²) in [6, 6.07) is 0.618. The lowest BCUT2D eigenvalue weighted by Crippen LogP contribution is -2.47. The summed E-state index contributed by atoms with van der Waals surface area (Å²) in [5.41, 5.74) is -0.160. The van der Waals surface area contributed by atoms with E-state index >= 15 is 0 Å².